The number of hydrogen-bond donors (Lipinski definition) is 3. The van der Waals surface area contributed by atoms with E-state index in [9.17, 15) is 4.79 Å². The summed E-state index contributed by atoms with van der Waals surface area (Å²) >= 11 is 5.08. The van der Waals surface area contributed by atoms with Crippen molar-refractivity contribution in [3.05, 3.63) is 29.8 Å². The lowest BCUT2D eigenvalue weighted by atomic mass is 10.1. The van der Waals surface area contributed by atoms with E-state index in [1.54, 1.807) is 12.1 Å². The van der Waals surface area contributed by atoms with Crippen molar-refractivity contribution in [2.45, 2.75) is 27.7 Å². The minimum Gasteiger partial charge on any atom is -0.490 e. The van der Waals surface area contributed by atoms with E-state index in [2.05, 4.69) is 22.7 Å². The molecule has 0 unspecified atom stereocenters. The summed E-state index contributed by atoms with van der Waals surface area (Å²) in [6.45, 7) is 13.1. The van der Waals surface area contributed by atoms with Gasteiger partial charge in [-0.3, -0.25) is 15.6 Å². The molecule has 144 valence electrons. The average Bonchev–Trinajstić information content (AvgIpc) is 2.60. The monoisotopic (exact) mass is 381 g/mol. The van der Waals surface area contributed by atoms with E-state index in [-0.39, 0.29) is 5.91 Å². The number of hydrazine groups is 1. The quantitative estimate of drug-likeness (QED) is 0.345. The average molecular weight is 381 g/mol. The molecule has 8 heteroatoms. The van der Waals surface area contributed by atoms with E-state index in [0.717, 1.165) is 5.57 Å². The molecule has 0 bridgehead atoms. The molecule has 1 rings (SSSR count). The third-order valence-corrected chi connectivity index (χ3v) is 3.26. The Morgan fingerprint density at radius 1 is 1.04 bits per heavy atom. The molecule has 0 heterocycles. The Balaban J connectivity index is 2.94. The highest BCUT2D eigenvalue weighted by Gasteiger charge is 2.18. The SMILES string of the molecule is C=C(C)CNC(=S)NNC(=O)c1cc(OCC)c(OCC)c(OCC)c1. The number of ether oxygens (including phenoxy) is 3. The summed E-state index contributed by atoms with van der Waals surface area (Å²) in [6.07, 6.45) is 0. The maximum Gasteiger partial charge on any atom is 0.269 e. The van der Waals surface area contributed by atoms with Gasteiger partial charge in [0.2, 0.25) is 5.75 Å². The third-order valence-electron chi connectivity index (χ3n) is 3.01. The zero-order valence-corrected chi connectivity index (χ0v) is 16.5. The Bertz CT molecular complexity index is 622. The third kappa shape index (κ3) is 6.79. The van der Waals surface area contributed by atoms with E-state index < -0.39 is 0 Å². The van der Waals surface area contributed by atoms with Crippen molar-refractivity contribution in [3.8, 4) is 17.2 Å². The normalized spacial score (nSPS) is 9.85. The lowest BCUT2D eigenvalue weighted by Crippen LogP contribution is -2.47. The molecule has 0 aliphatic heterocycles. The number of rotatable bonds is 9. The lowest BCUT2D eigenvalue weighted by molar-refractivity contribution is 0.0942. The Labute approximate surface area is 160 Å². The number of benzene rings is 1. The number of carbonyl (C=O) groups excluding carboxylic acids is 1. The topological polar surface area (TPSA) is 80.9 Å². The van der Waals surface area contributed by atoms with Gasteiger partial charge in [-0.25, -0.2) is 0 Å². The molecule has 7 nitrogen and oxygen atoms in total. The summed E-state index contributed by atoms with van der Waals surface area (Å²) < 4.78 is 16.8. The van der Waals surface area contributed by atoms with E-state index in [0.29, 0.717) is 54.3 Å². The molecular formula is C18H27N3O4S. The number of hydrogen-bond acceptors (Lipinski definition) is 5. The first-order chi connectivity index (χ1) is 12.4. The van der Waals surface area contributed by atoms with Gasteiger partial charge in [0.25, 0.3) is 5.91 Å². The molecule has 26 heavy (non-hydrogen) atoms. The zero-order chi connectivity index (χ0) is 19.5. The summed E-state index contributed by atoms with van der Waals surface area (Å²) in [4.78, 5) is 12.4. The lowest BCUT2D eigenvalue weighted by Gasteiger charge is -2.17. The molecule has 0 aliphatic rings. The van der Waals surface area contributed by atoms with Crippen molar-refractivity contribution in [1.82, 2.24) is 16.2 Å². The summed E-state index contributed by atoms with van der Waals surface area (Å²) in [5, 5.41) is 3.21. The Kier molecular flexibility index (Phi) is 9.29. The molecule has 1 aromatic carbocycles. The van der Waals surface area contributed by atoms with Crippen LogP contribution in [0.4, 0.5) is 0 Å². The molecule has 0 aromatic heterocycles. The maximum atomic E-state index is 12.4. The van der Waals surface area contributed by atoms with Gasteiger partial charge in [0, 0.05) is 12.1 Å². The second-order valence-corrected chi connectivity index (χ2v) is 5.73. The van der Waals surface area contributed by atoms with Crippen LogP contribution in [-0.2, 0) is 0 Å². The molecule has 3 N–H and O–H groups in total. The van der Waals surface area contributed by atoms with Gasteiger partial charge in [-0.2, -0.15) is 0 Å². The van der Waals surface area contributed by atoms with Crippen LogP contribution in [0, 0.1) is 0 Å². The summed E-state index contributed by atoms with van der Waals surface area (Å²) in [6, 6.07) is 3.22. The number of nitrogens with one attached hydrogen (secondary N) is 3. The van der Waals surface area contributed by atoms with Crippen molar-refractivity contribution in [2.24, 2.45) is 0 Å². The van der Waals surface area contributed by atoms with Crippen LogP contribution in [0.5, 0.6) is 17.2 Å². The summed E-state index contributed by atoms with van der Waals surface area (Å²) in [7, 11) is 0. The fraction of sp³-hybridized carbons (Fsp3) is 0.444. The molecule has 0 saturated heterocycles. The molecule has 0 spiro atoms. The second-order valence-electron chi connectivity index (χ2n) is 5.32. The van der Waals surface area contributed by atoms with Gasteiger partial charge in [0.05, 0.1) is 19.8 Å². The number of thiocarbonyl (C=S) groups is 1. The molecule has 0 saturated carbocycles. The van der Waals surface area contributed by atoms with Crippen molar-refractivity contribution in [1.29, 1.82) is 0 Å². The number of amides is 1. The first-order valence-corrected chi connectivity index (χ1v) is 8.88. The van der Waals surface area contributed by atoms with Crippen LogP contribution in [0.15, 0.2) is 24.3 Å². The van der Waals surface area contributed by atoms with Gasteiger partial charge in [0.15, 0.2) is 16.6 Å². The number of carbonyl (C=O) groups is 1. The van der Waals surface area contributed by atoms with Crippen molar-refractivity contribution in [3.63, 3.8) is 0 Å². The first-order valence-electron chi connectivity index (χ1n) is 8.47. The van der Waals surface area contributed by atoms with E-state index in [1.165, 1.54) is 0 Å². The second kappa shape index (κ2) is 11.2. The van der Waals surface area contributed by atoms with Gasteiger partial charge in [0.1, 0.15) is 0 Å². The van der Waals surface area contributed by atoms with Crippen LogP contribution >= 0.6 is 12.2 Å². The van der Waals surface area contributed by atoms with Gasteiger partial charge in [-0.1, -0.05) is 12.2 Å². The van der Waals surface area contributed by atoms with Gasteiger partial charge in [-0.05, 0) is 52.0 Å². The largest absolute Gasteiger partial charge is 0.490 e. The molecule has 1 aromatic rings. The van der Waals surface area contributed by atoms with Crippen LogP contribution in [0.1, 0.15) is 38.1 Å². The van der Waals surface area contributed by atoms with Crippen LogP contribution < -0.4 is 30.4 Å². The van der Waals surface area contributed by atoms with Crippen LogP contribution in [-0.4, -0.2) is 37.4 Å². The van der Waals surface area contributed by atoms with Crippen LogP contribution in [0.25, 0.3) is 0 Å². The fourth-order valence-electron chi connectivity index (χ4n) is 1.98. The maximum absolute atomic E-state index is 12.4. The summed E-state index contributed by atoms with van der Waals surface area (Å²) in [5.74, 6) is 1.01. The van der Waals surface area contributed by atoms with E-state index >= 15 is 0 Å². The zero-order valence-electron chi connectivity index (χ0n) is 15.7. The summed E-state index contributed by atoms with van der Waals surface area (Å²) in [5.41, 5.74) is 6.47. The molecule has 0 atom stereocenters. The minimum absolute atomic E-state index is 0.294. The molecule has 0 aliphatic carbocycles. The molecule has 0 fully saturated rings. The Morgan fingerprint density at radius 2 is 1.58 bits per heavy atom. The molecule has 1 amide bonds. The smallest absolute Gasteiger partial charge is 0.269 e. The van der Waals surface area contributed by atoms with Gasteiger partial charge in [-0.15, -0.1) is 0 Å². The van der Waals surface area contributed by atoms with Crippen LogP contribution in [0.3, 0.4) is 0 Å². The highest BCUT2D eigenvalue weighted by Crippen LogP contribution is 2.39. The molecule has 0 radical (unpaired) electrons. The van der Waals surface area contributed by atoms with Crippen molar-refractivity contribution in [2.75, 3.05) is 26.4 Å². The first kappa shape index (κ1) is 21.6. The minimum atomic E-state index is -0.380. The predicted octanol–water partition coefficient (Wildman–Crippen LogP) is 2.57. The van der Waals surface area contributed by atoms with E-state index in [4.69, 9.17) is 26.4 Å². The van der Waals surface area contributed by atoms with Gasteiger partial charge < -0.3 is 19.5 Å². The van der Waals surface area contributed by atoms with Crippen molar-refractivity contribution < 1.29 is 19.0 Å². The Hall–Kier alpha value is -2.48. The van der Waals surface area contributed by atoms with E-state index in [1.807, 2.05) is 27.7 Å². The van der Waals surface area contributed by atoms with Gasteiger partial charge >= 0.3 is 0 Å². The molecular weight excluding hydrogens is 354 g/mol. The Morgan fingerprint density at radius 3 is 2.04 bits per heavy atom. The highest BCUT2D eigenvalue weighted by molar-refractivity contribution is 7.80. The van der Waals surface area contributed by atoms with Crippen molar-refractivity contribution >= 4 is 23.2 Å². The highest BCUT2D eigenvalue weighted by atomic mass is 32.1. The fourth-order valence-corrected chi connectivity index (χ4v) is 2.10. The standard InChI is InChI=1S/C18H27N3O4S/c1-6-23-14-9-13(10-15(24-7-2)16(14)25-8-3)17(22)20-21-18(26)19-11-12(4)5/h9-10H,4,6-8,11H2,1-3,5H3,(H,20,22)(H2,19,21,26). The van der Waals surface area contributed by atoms with Crippen LogP contribution in [0.2, 0.25) is 0 Å². The predicted molar refractivity (Wildman–Crippen MR) is 106 cm³/mol.